The highest BCUT2D eigenvalue weighted by atomic mass is 32.2. The summed E-state index contributed by atoms with van der Waals surface area (Å²) >= 11 is 1.69. The van der Waals surface area contributed by atoms with Crippen LogP contribution in [0.2, 0.25) is 0 Å². The molecular formula is C12H23N3OS. The van der Waals surface area contributed by atoms with E-state index in [9.17, 15) is 5.11 Å². The maximum absolute atomic E-state index is 9.19. The van der Waals surface area contributed by atoms with Gasteiger partial charge in [0.1, 0.15) is 0 Å². The van der Waals surface area contributed by atoms with Crippen molar-refractivity contribution in [2.24, 2.45) is 0 Å². The molecule has 98 valence electrons. The predicted molar refractivity (Wildman–Crippen MR) is 73.2 cm³/mol. The van der Waals surface area contributed by atoms with Gasteiger partial charge in [-0.1, -0.05) is 6.92 Å². The second-order valence-corrected chi connectivity index (χ2v) is 5.31. The van der Waals surface area contributed by atoms with Gasteiger partial charge in [-0.15, -0.1) is 0 Å². The number of aryl methyl sites for hydroxylation is 1. The molecule has 2 N–H and O–H groups in total. The molecule has 0 aromatic carbocycles. The summed E-state index contributed by atoms with van der Waals surface area (Å²) in [6.45, 7) is 6.24. The smallest absolute Gasteiger partial charge is 0.0564 e. The molecule has 0 spiro atoms. The lowest BCUT2D eigenvalue weighted by atomic mass is 10.2. The summed E-state index contributed by atoms with van der Waals surface area (Å²) < 4.78 is 1.97. The van der Waals surface area contributed by atoms with E-state index in [-0.39, 0.29) is 11.9 Å². The van der Waals surface area contributed by atoms with Crippen LogP contribution in [-0.2, 0) is 13.1 Å². The van der Waals surface area contributed by atoms with Gasteiger partial charge in [0.05, 0.1) is 12.8 Å². The molecule has 1 aromatic heterocycles. The van der Waals surface area contributed by atoms with Gasteiger partial charge in [0.2, 0.25) is 0 Å². The van der Waals surface area contributed by atoms with Crippen LogP contribution in [0, 0.1) is 0 Å². The molecular weight excluding hydrogens is 234 g/mol. The maximum Gasteiger partial charge on any atom is 0.0564 e. The highest BCUT2D eigenvalue weighted by Gasteiger charge is 2.14. The zero-order valence-corrected chi connectivity index (χ0v) is 11.7. The summed E-state index contributed by atoms with van der Waals surface area (Å²) in [7, 11) is 0. The van der Waals surface area contributed by atoms with Gasteiger partial charge in [-0.3, -0.25) is 4.68 Å². The largest absolute Gasteiger partial charge is 0.395 e. The standard InChI is InChI=1S/C12H23N3OS/c1-4-5-15-8-11(7-14-15)6-13-10(2)12(9-16)17-3/h7-8,10,12-13,16H,4-6,9H2,1-3H3. The molecule has 0 radical (unpaired) electrons. The number of hydrogen-bond acceptors (Lipinski definition) is 4. The van der Waals surface area contributed by atoms with E-state index in [4.69, 9.17) is 0 Å². The molecule has 0 bridgehead atoms. The fourth-order valence-electron chi connectivity index (χ4n) is 1.70. The number of hydrogen-bond donors (Lipinski definition) is 2. The molecule has 1 aromatic rings. The highest BCUT2D eigenvalue weighted by Crippen LogP contribution is 2.10. The van der Waals surface area contributed by atoms with E-state index in [0.29, 0.717) is 6.04 Å². The van der Waals surface area contributed by atoms with Crippen LogP contribution in [0.4, 0.5) is 0 Å². The van der Waals surface area contributed by atoms with Gasteiger partial charge in [-0.05, 0) is 19.6 Å². The van der Waals surface area contributed by atoms with Gasteiger partial charge in [0.15, 0.2) is 0 Å². The number of thioether (sulfide) groups is 1. The molecule has 4 nitrogen and oxygen atoms in total. The Bertz CT molecular complexity index is 312. The van der Waals surface area contributed by atoms with E-state index in [1.807, 2.05) is 17.1 Å². The van der Waals surface area contributed by atoms with Crippen LogP contribution >= 0.6 is 11.8 Å². The lowest BCUT2D eigenvalue weighted by Gasteiger charge is -2.20. The van der Waals surface area contributed by atoms with Gasteiger partial charge in [0.25, 0.3) is 0 Å². The molecule has 0 aliphatic heterocycles. The third-order valence-corrected chi connectivity index (χ3v) is 3.97. The number of rotatable bonds is 8. The van der Waals surface area contributed by atoms with Gasteiger partial charge >= 0.3 is 0 Å². The third kappa shape index (κ3) is 4.69. The Morgan fingerprint density at radius 2 is 2.35 bits per heavy atom. The molecule has 0 amide bonds. The zero-order chi connectivity index (χ0) is 12.7. The highest BCUT2D eigenvalue weighted by molar-refractivity contribution is 7.99. The Hall–Kier alpha value is -0.520. The first-order valence-electron chi connectivity index (χ1n) is 6.09. The molecule has 0 saturated heterocycles. The van der Waals surface area contributed by atoms with E-state index in [1.165, 1.54) is 5.56 Å². The number of aliphatic hydroxyl groups excluding tert-OH is 1. The average Bonchev–Trinajstić information content (AvgIpc) is 2.76. The van der Waals surface area contributed by atoms with Crippen LogP contribution in [-0.4, -0.2) is 39.0 Å². The second-order valence-electron chi connectivity index (χ2n) is 4.24. The molecule has 5 heteroatoms. The molecule has 2 atom stereocenters. The monoisotopic (exact) mass is 257 g/mol. The van der Waals surface area contributed by atoms with E-state index >= 15 is 0 Å². The van der Waals surface area contributed by atoms with Crippen molar-refractivity contribution in [3.05, 3.63) is 18.0 Å². The van der Waals surface area contributed by atoms with Gasteiger partial charge in [0, 0.05) is 36.1 Å². The number of nitrogens with one attached hydrogen (secondary N) is 1. The molecule has 0 fully saturated rings. The van der Waals surface area contributed by atoms with Crippen LogP contribution in [0.15, 0.2) is 12.4 Å². The molecule has 2 unspecified atom stereocenters. The van der Waals surface area contributed by atoms with Crippen molar-refractivity contribution < 1.29 is 5.11 Å². The number of nitrogens with zero attached hydrogens (tertiary/aromatic N) is 2. The van der Waals surface area contributed by atoms with Crippen molar-refractivity contribution in [3.8, 4) is 0 Å². The van der Waals surface area contributed by atoms with Crippen LogP contribution in [0.5, 0.6) is 0 Å². The van der Waals surface area contributed by atoms with Crippen LogP contribution < -0.4 is 5.32 Å². The Morgan fingerprint density at radius 1 is 1.59 bits per heavy atom. The van der Waals surface area contributed by atoms with Gasteiger partial charge in [-0.2, -0.15) is 16.9 Å². The lowest BCUT2D eigenvalue weighted by Crippen LogP contribution is -2.36. The Labute approximate surface area is 108 Å². The Morgan fingerprint density at radius 3 is 2.94 bits per heavy atom. The quantitative estimate of drug-likeness (QED) is 0.741. The Kier molecular flexibility index (Phi) is 6.62. The van der Waals surface area contributed by atoms with Crippen molar-refractivity contribution in [3.63, 3.8) is 0 Å². The fourth-order valence-corrected chi connectivity index (χ4v) is 2.35. The topological polar surface area (TPSA) is 50.1 Å². The van der Waals surface area contributed by atoms with Crippen molar-refractivity contribution in [1.82, 2.24) is 15.1 Å². The first-order valence-corrected chi connectivity index (χ1v) is 7.38. The SMILES string of the molecule is CCCn1cc(CNC(C)C(CO)SC)cn1. The zero-order valence-electron chi connectivity index (χ0n) is 10.9. The minimum Gasteiger partial charge on any atom is -0.395 e. The average molecular weight is 257 g/mol. The summed E-state index contributed by atoms with van der Waals surface area (Å²) in [5.41, 5.74) is 1.20. The molecule has 0 aliphatic carbocycles. The van der Waals surface area contributed by atoms with E-state index < -0.39 is 0 Å². The summed E-state index contributed by atoms with van der Waals surface area (Å²) in [5.74, 6) is 0. The Balaban J connectivity index is 2.38. The molecule has 1 heterocycles. The predicted octanol–water partition coefficient (Wildman–Crippen LogP) is 1.50. The fraction of sp³-hybridized carbons (Fsp3) is 0.750. The molecule has 0 aliphatic rings. The van der Waals surface area contributed by atoms with Crippen molar-refractivity contribution >= 4 is 11.8 Å². The first-order chi connectivity index (χ1) is 8.21. The molecule has 0 saturated carbocycles. The van der Waals surface area contributed by atoms with E-state index in [2.05, 4.69) is 30.5 Å². The van der Waals surface area contributed by atoms with Crippen LogP contribution in [0.1, 0.15) is 25.8 Å². The van der Waals surface area contributed by atoms with Crippen molar-refractivity contribution in [2.75, 3.05) is 12.9 Å². The van der Waals surface area contributed by atoms with Gasteiger partial charge < -0.3 is 10.4 Å². The summed E-state index contributed by atoms with van der Waals surface area (Å²) in [4.78, 5) is 0. The summed E-state index contributed by atoms with van der Waals surface area (Å²) in [6.07, 6.45) is 7.11. The minimum atomic E-state index is 0.213. The van der Waals surface area contributed by atoms with E-state index in [0.717, 1.165) is 19.5 Å². The van der Waals surface area contributed by atoms with Crippen molar-refractivity contribution in [1.29, 1.82) is 0 Å². The van der Waals surface area contributed by atoms with Crippen LogP contribution in [0.25, 0.3) is 0 Å². The molecule has 17 heavy (non-hydrogen) atoms. The number of aliphatic hydroxyl groups is 1. The minimum absolute atomic E-state index is 0.213. The third-order valence-electron chi connectivity index (χ3n) is 2.81. The summed E-state index contributed by atoms with van der Waals surface area (Å²) in [5, 5.41) is 17.2. The first kappa shape index (κ1) is 14.5. The lowest BCUT2D eigenvalue weighted by molar-refractivity contribution is 0.276. The van der Waals surface area contributed by atoms with Gasteiger partial charge in [-0.25, -0.2) is 0 Å². The van der Waals surface area contributed by atoms with Crippen molar-refractivity contribution in [2.45, 2.75) is 44.6 Å². The molecule has 1 rings (SSSR count). The van der Waals surface area contributed by atoms with Crippen LogP contribution in [0.3, 0.4) is 0 Å². The summed E-state index contributed by atoms with van der Waals surface area (Å²) in [6, 6.07) is 0.296. The second kappa shape index (κ2) is 7.74. The maximum atomic E-state index is 9.19. The van der Waals surface area contributed by atoms with E-state index in [1.54, 1.807) is 11.8 Å². The normalized spacial score (nSPS) is 14.8. The number of aromatic nitrogens is 2.